The number of hydrogen-bond acceptors (Lipinski definition) is 4. The van der Waals surface area contributed by atoms with E-state index in [0.717, 1.165) is 43.1 Å². The van der Waals surface area contributed by atoms with Crippen LogP contribution < -0.4 is 16.0 Å². The lowest BCUT2D eigenvalue weighted by atomic mass is 10.1. The van der Waals surface area contributed by atoms with Gasteiger partial charge < -0.3 is 20.9 Å². The molecule has 0 spiro atoms. The van der Waals surface area contributed by atoms with Gasteiger partial charge in [0.1, 0.15) is 5.82 Å². The number of nitrogens with zero attached hydrogens (tertiary/aromatic N) is 4. The van der Waals surface area contributed by atoms with Gasteiger partial charge >= 0.3 is 0 Å². The van der Waals surface area contributed by atoms with Crippen LogP contribution in [0.25, 0.3) is 0 Å². The van der Waals surface area contributed by atoms with Crippen LogP contribution in [0.5, 0.6) is 0 Å². The third-order valence-electron chi connectivity index (χ3n) is 4.86. The molecule has 9 heteroatoms. The van der Waals surface area contributed by atoms with Crippen molar-refractivity contribution >= 4 is 59.0 Å². The fourth-order valence-corrected chi connectivity index (χ4v) is 3.68. The summed E-state index contributed by atoms with van der Waals surface area (Å²) in [5.41, 5.74) is 7.97. The maximum atomic E-state index is 6.25. The van der Waals surface area contributed by atoms with E-state index in [0.29, 0.717) is 22.5 Å². The van der Waals surface area contributed by atoms with Crippen molar-refractivity contribution in [3.63, 3.8) is 0 Å². The van der Waals surface area contributed by atoms with E-state index in [1.807, 2.05) is 25.3 Å². The van der Waals surface area contributed by atoms with E-state index in [4.69, 9.17) is 28.9 Å². The number of piperazine rings is 1. The molecule has 29 heavy (non-hydrogen) atoms. The second-order valence-corrected chi connectivity index (χ2v) is 7.89. The maximum Gasteiger partial charge on any atom is 0.189 e. The van der Waals surface area contributed by atoms with E-state index in [-0.39, 0.29) is 30.0 Å². The lowest BCUT2D eigenvalue weighted by molar-refractivity contribution is 0.312. The fourth-order valence-electron chi connectivity index (χ4n) is 3.11. The number of aliphatic imine (C=N–C) groups is 1. The molecule has 0 radical (unpaired) electrons. The Bertz CT molecular complexity index is 822. The van der Waals surface area contributed by atoms with Crippen LogP contribution in [0.3, 0.4) is 0 Å². The molecule has 3 rings (SSSR count). The molecule has 0 bridgehead atoms. The van der Waals surface area contributed by atoms with Gasteiger partial charge in [-0.25, -0.2) is 9.98 Å². The molecule has 158 valence electrons. The van der Waals surface area contributed by atoms with Crippen molar-refractivity contribution < 1.29 is 0 Å². The topological polar surface area (TPSA) is 69.8 Å². The number of pyridine rings is 1. The second kappa shape index (κ2) is 11.2. The first-order valence-corrected chi connectivity index (χ1v) is 10.1. The minimum atomic E-state index is -0.0775. The Balaban J connectivity index is 0.00000300. The normalized spacial score (nSPS) is 16.3. The third kappa shape index (κ3) is 6.87. The Labute approximate surface area is 199 Å². The summed E-state index contributed by atoms with van der Waals surface area (Å²) >= 11 is 12.2. The highest BCUT2D eigenvalue weighted by Crippen LogP contribution is 2.26. The van der Waals surface area contributed by atoms with Crippen LogP contribution in [-0.4, -0.2) is 49.1 Å². The van der Waals surface area contributed by atoms with Gasteiger partial charge in [0.15, 0.2) is 5.96 Å². The molecule has 0 amide bonds. The van der Waals surface area contributed by atoms with Gasteiger partial charge in [0, 0.05) is 42.4 Å². The summed E-state index contributed by atoms with van der Waals surface area (Å²) in [5, 5.41) is 4.37. The second-order valence-electron chi connectivity index (χ2n) is 7.05. The van der Waals surface area contributed by atoms with Gasteiger partial charge in [0.05, 0.1) is 12.6 Å². The van der Waals surface area contributed by atoms with Gasteiger partial charge in [0.25, 0.3) is 0 Å². The van der Waals surface area contributed by atoms with Gasteiger partial charge in [-0.3, -0.25) is 0 Å². The molecule has 1 saturated heterocycles. The van der Waals surface area contributed by atoms with E-state index in [1.165, 1.54) is 0 Å². The summed E-state index contributed by atoms with van der Waals surface area (Å²) in [6.07, 6.45) is 1.87. The molecule has 1 unspecified atom stereocenters. The summed E-state index contributed by atoms with van der Waals surface area (Å²) in [5.74, 6) is 1.37. The van der Waals surface area contributed by atoms with Crippen LogP contribution >= 0.6 is 47.2 Å². The van der Waals surface area contributed by atoms with Crippen LogP contribution in [0, 0.1) is 0 Å². The number of aromatic nitrogens is 1. The number of nitrogens with two attached hydrogens (primary N) is 1. The zero-order valence-corrected chi connectivity index (χ0v) is 20.4. The number of benzene rings is 1. The highest BCUT2D eigenvalue weighted by molar-refractivity contribution is 14.0. The zero-order valence-electron chi connectivity index (χ0n) is 16.6. The molecule has 2 aromatic rings. The standard InChI is InChI=1S/C20H26Cl2N6.HI/c1-14(17-5-4-16(21)11-18(17)22)26-20(23)25-13-15-3-6-19(24-12-15)28-9-7-27(2)8-10-28;/h3-6,11-12,14H,7-10,13H2,1-2H3,(H3,23,25,26);1H. The highest BCUT2D eigenvalue weighted by atomic mass is 127. The number of halogens is 3. The van der Waals surface area contributed by atoms with Gasteiger partial charge in [-0.05, 0) is 43.3 Å². The van der Waals surface area contributed by atoms with Gasteiger partial charge in [-0.1, -0.05) is 35.3 Å². The average molecular weight is 549 g/mol. The van der Waals surface area contributed by atoms with Crippen LogP contribution in [-0.2, 0) is 6.54 Å². The Morgan fingerprint density at radius 2 is 1.93 bits per heavy atom. The monoisotopic (exact) mass is 548 g/mol. The van der Waals surface area contributed by atoms with Gasteiger partial charge in [0.2, 0.25) is 0 Å². The molecule has 1 aliphatic rings. The number of nitrogens with one attached hydrogen (secondary N) is 1. The summed E-state index contributed by atoms with van der Waals surface area (Å²) in [6.45, 7) is 6.57. The first-order valence-electron chi connectivity index (χ1n) is 9.32. The van der Waals surface area contributed by atoms with Crippen molar-refractivity contribution in [1.82, 2.24) is 15.2 Å². The molecule has 1 aliphatic heterocycles. The molecule has 1 aromatic carbocycles. The van der Waals surface area contributed by atoms with Crippen molar-refractivity contribution in [2.24, 2.45) is 10.7 Å². The Kier molecular flexibility index (Phi) is 9.26. The zero-order chi connectivity index (χ0) is 20.1. The fraction of sp³-hybridized carbons (Fsp3) is 0.400. The Hall–Kier alpha value is -1.29. The summed E-state index contributed by atoms with van der Waals surface area (Å²) in [4.78, 5) is 13.6. The molecule has 6 nitrogen and oxygen atoms in total. The molecule has 0 aliphatic carbocycles. The molecule has 3 N–H and O–H groups in total. The highest BCUT2D eigenvalue weighted by Gasteiger charge is 2.15. The molecule has 1 fully saturated rings. The van der Waals surface area contributed by atoms with Crippen molar-refractivity contribution in [2.75, 3.05) is 38.1 Å². The van der Waals surface area contributed by atoms with Crippen molar-refractivity contribution in [1.29, 1.82) is 0 Å². The van der Waals surface area contributed by atoms with Crippen molar-refractivity contribution in [3.05, 3.63) is 57.7 Å². The summed E-state index contributed by atoms with van der Waals surface area (Å²) < 4.78 is 0. The minimum absolute atomic E-state index is 0. The number of hydrogen-bond donors (Lipinski definition) is 2. The van der Waals surface area contributed by atoms with Crippen molar-refractivity contribution in [3.8, 4) is 0 Å². The lowest BCUT2D eigenvalue weighted by Crippen LogP contribution is -2.44. The molecule has 1 aromatic heterocycles. The largest absolute Gasteiger partial charge is 0.370 e. The number of anilines is 1. The van der Waals surface area contributed by atoms with Crippen LogP contribution in [0.1, 0.15) is 24.1 Å². The van der Waals surface area contributed by atoms with Crippen molar-refractivity contribution in [2.45, 2.75) is 19.5 Å². The van der Waals surface area contributed by atoms with Gasteiger partial charge in [-0.15, -0.1) is 24.0 Å². The predicted molar refractivity (Wildman–Crippen MR) is 133 cm³/mol. The smallest absolute Gasteiger partial charge is 0.189 e. The van der Waals surface area contributed by atoms with Crippen LogP contribution in [0.4, 0.5) is 5.82 Å². The van der Waals surface area contributed by atoms with E-state index in [1.54, 1.807) is 6.07 Å². The predicted octanol–water partition coefficient (Wildman–Crippen LogP) is 3.92. The molecule has 0 saturated carbocycles. The first kappa shape index (κ1) is 24.0. The Morgan fingerprint density at radius 1 is 1.21 bits per heavy atom. The SMILES string of the molecule is CC(NC(N)=NCc1ccc(N2CCN(C)CC2)nc1)c1ccc(Cl)cc1Cl.I. The molecular formula is C20H27Cl2IN6. The molecule has 2 heterocycles. The average Bonchev–Trinajstić information content (AvgIpc) is 2.67. The number of guanidine groups is 1. The van der Waals surface area contributed by atoms with E-state index in [9.17, 15) is 0 Å². The maximum absolute atomic E-state index is 6.25. The third-order valence-corrected chi connectivity index (χ3v) is 5.42. The molecular weight excluding hydrogens is 522 g/mol. The van der Waals surface area contributed by atoms with Crippen LogP contribution in [0.15, 0.2) is 41.5 Å². The van der Waals surface area contributed by atoms with Crippen LogP contribution in [0.2, 0.25) is 10.0 Å². The van der Waals surface area contributed by atoms with E-state index in [2.05, 4.69) is 44.3 Å². The minimum Gasteiger partial charge on any atom is -0.370 e. The number of rotatable bonds is 5. The van der Waals surface area contributed by atoms with Gasteiger partial charge in [-0.2, -0.15) is 0 Å². The number of likely N-dealkylation sites (N-methyl/N-ethyl adjacent to an activating group) is 1. The Morgan fingerprint density at radius 3 is 2.55 bits per heavy atom. The first-order chi connectivity index (χ1) is 13.4. The van der Waals surface area contributed by atoms with E-state index < -0.39 is 0 Å². The quantitative estimate of drug-likeness (QED) is 0.337. The van der Waals surface area contributed by atoms with E-state index >= 15 is 0 Å². The summed E-state index contributed by atoms with van der Waals surface area (Å²) in [7, 11) is 2.14. The summed E-state index contributed by atoms with van der Waals surface area (Å²) in [6, 6.07) is 9.44. The lowest BCUT2D eigenvalue weighted by Gasteiger charge is -2.33. The molecule has 1 atom stereocenters.